The summed E-state index contributed by atoms with van der Waals surface area (Å²) in [4.78, 5) is 23.8. The van der Waals surface area contributed by atoms with Crippen molar-refractivity contribution in [3.63, 3.8) is 0 Å². The molecule has 2 fully saturated rings. The maximum Gasteiger partial charge on any atom is 0.326 e. The Hall–Kier alpha value is -1.22. The molecule has 1 unspecified atom stereocenters. The van der Waals surface area contributed by atoms with Crippen molar-refractivity contribution in [3.05, 3.63) is 0 Å². The number of hydrogen-bond acceptors (Lipinski definition) is 6. The summed E-state index contributed by atoms with van der Waals surface area (Å²) in [6, 6.07) is -0.624. The van der Waals surface area contributed by atoms with E-state index in [-0.39, 0.29) is 25.5 Å². The van der Waals surface area contributed by atoms with Gasteiger partial charge in [0.25, 0.3) is 0 Å². The minimum Gasteiger partial charge on any atom is -0.387 e. The maximum atomic E-state index is 11.6. The van der Waals surface area contributed by atoms with Gasteiger partial charge in [0.05, 0.1) is 6.61 Å². The number of ether oxygens (including phenoxy) is 2. The smallest absolute Gasteiger partial charge is 0.326 e. The molecule has 8 nitrogen and oxygen atoms in total. The predicted molar refractivity (Wildman–Crippen MR) is 57.4 cm³/mol. The van der Waals surface area contributed by atoms with Crippen molar-refractivity contribution in [1.29, 1.82) is 0 Å². The lowest BCUT2D eigenvalue weighted by Crippen LogP contribution is -2.56. The van der Waals surface area contributed by atoms with Crippen molar-refractivity contribution in [2.24, 2.45) is 0 Å². The van der Waals surface area contributed by atoms with Crippen LogP contribution in [0.4, 0.5) is 4.79 Å². The Balaban J connectivity index is 2.05. The second-order valence-corrected chi connectivity index (χ2v) is 4.30. The number of methoxy groups -OCH3 is 1. The summed E-state index contributed by atoms with van der Waals surface area (Å²) in [7, 11) is 1.45. The number of nitrogens with one attached hydrogen (secondary N) is 1. The Bertz CT molecular complexity index is 349. The molecule has 2 rings (SSSR count). The minimum atomic E-state index is -1.22. The maximum absolute atomic E-state index is 11.6. The summed E-state index contributed by atoms with van der Waals surface area (Å²) in [6.45, 7) is 0.266. The summed E-state index contributed by atoms with van der Waals surface area (Å²) in [6.07, 6.45) is -3.86. The summed E-state index contributed by atoms with van der Waals surface area (Å²) < 4.78 is 10.3. The summed E-state index contributed by atoms with van der Waals surface area (Å²) in [5.41, 5.74) is 0. The number of nitrogens with zero attached hydrogens (tertiary/aromatic N) is 1. The van der Waals surface area contributed by atoms with Crippen molar-refractivity contribution < 1.29 is 29.3 Å². The van der Waals surface area contributed by atoms with E-state index in [2.05, 4.69) is 5.32 Å². The summed E-state index contributed by atoms with van der Waals surface area (Å²) >= 11 is 0. The zero-order valence-corrected chi connectivity index (χ0v) is 9.91. The Labute approximate surface area is 103 Å². The van der Waals surface area contributed by atoms with Crippen LogP contribution in [0.3, 0.4) is 0 Å². The van der Waals surface area contributed by atoms with Gasteiger partial charge in [0.1, 0.15) is 18.3 Å². The molecule has 3 N–H and O–H groups in total. The largest absolute Gasteiger partial charge is 0.387 e. The van der Waals surface area contributed by atoms with Crippen molar-refractivity contribution in [2.75, 3.05) is 20.3 Å². The number of amides is 3. The molecule has 0 aromatic carbocycles. The van der Waals surface area contributed by atoms with Crippen LogP contribution in [0.25, 0.3) is 0 Å². The topological polar surface area (TPSA) is 108 Å². The molecule has 3 amide bonds. The molecule has 2 saturated heterocycles. The lowest BCUT2D eigenvalue weighted by atomic mass is 10.1. The van der Waals surface area contributed by atoms with Gasteiger partial charge in [0.2, 0.25) is 5.91 Å². The first-order valence-corrected chi connectivity index (χ1v) is 5.65. The van der Waals surface area contributed by atoms with E-state index >= 15 is 0 Å². The number of carbonyl (C=O) groups excluding carboxylic acids is 2. The Morgan fingerprint density at radius 3 is 2.78 bits per heavy atom. The molecule has 102 valence electrons. The van der Waals surface area contributed by atoms with E-state index in [1.807, 2.05) is 0 Å². The van der Waals surface area contributed by atoms with E-state index in [0.717, 1.165) is 0 Å². The molecular formula is C10H16N2O6. The van der Waals surface area contributed by atoms with Crippen LogP contribution in [0.15, 0.2) is 0 Å². The van der Waals surface area contributed by atoms with E-state index in [1.165, 1.54) is 12.0 Å². The van der Waals surface area contributed by atoms with Crippen LogP contribution in [-0.2, 0) is 14.3 Å². The van der Waals surface area contributed by atoms with Gasteiger partial charge in [0.15, 0.2) is 6.23 Å². The van der Waals surface area contributed by atoms with Crippen LogP contribution < -0.4 is 5.32 Å². The molecule has 0 aromatic heterocycles. The van der Waals surface area contributed by atoms with Crippen molar-refractivity contribution in [2.45, 2.75) is 31.0 Å². The molecule has 18 heavy (non-hydrogen) atoms. The van der Waals surface area contributed by atoms with Crippen molar-refractivity contribution in [3.8, 4) is 0 Å². The van der Waals surface area contributed by atoms with Gasteiger partial charge >= 0.3 is 6.03 Å². The van der Waals surface area contributed by atoms with Gasteiger partial charge in [-0.3, -0.25) is 15.0 Å². The number of aliphatic hydroxyl groups excluding tert-OH is 2. The molecule has 2 aliphatic rings. The highest BCUT2D eigenvalue weighted by Crippen LogP contribution is 2.25. The van der Waals surface area contributed by atoms with Gasteiger partial charge in [-0.25, -0.2) is 4.79 Å². The molecule has 0 radical (unpaired) electrons. The zero-order valence-electron chi connectivity index (χ0n) is 9.91. The summed E-state index contributed by atoms with van der Waals surface area (Å²) in [5.74, 6) is -0.363. The minimum absolute atomic E-state index is 0.114. The molecule has 0 spiro atoms. The van der Waals surface area contributed by atoms with E-state index in [0.29, 0.717) is 0 Å². The van der Waals surface area contributed by atoms with Gasteiger partial charge in [-0.05, 0) is 0 Å². The van der Waals surface area contributed by atoms with Gasteiger partial charge in [0, 0.05) is 20.1 Å². The van der Waals surface area contributed by atoms with Crippen LogP contribution in [0, 0.1) is 0 Å². The standard InChI is InChI=1S/C10H16N2O6/c1-17-4-5-7(14)8(15)9(18-5)12-3-2-6(13)11-10(12)16/h5,7-9,14-15H,2-4H2,1H3,(H,11,13,16)/t5-,7+,8?,9-/m1/s1. The third-order valence-electron chi connectivity index (χ3n) is 3.06. The monoisotopic (exact) mass is 260 g/mol. The third kappa shape index (κ3) is 2.32. The van der Waals surface area contributed by atoms with Gasteiger partial charge in [-0.15, -0.1) is 0 Å². The molecule has 2 aliphatic heterocycles. The molecule has 2 heterocycles. The molecule has 0 aromatic rings. The van der Waals surface area contributed by atoms with Gasteiger partial charge in [-0.1, -0.05) is 0 Å². The van der Waals surface area contributed by atoms with Crippen LogP contribution in [0.2, 0.25) is 0 Å². The first-order chi connectivity index (χ1) is 8.54. The number of carbonyl (C=O) groups is 2. The predicted octanol–water partition coefficient (Wildman–Crippen LogP) is -1.98. The molecule has 8 heteroatoms. The number of hydrogen-bond donors (Lipinski definition) is 3. The fourth-order valence-electron chi connectivity index (χ4n) is 2.11. The molecule has 0 bridgehead atoms. The molecule has 4 atom stereocenters. The fraction of sp³-hybridized carbons (Fsp3) is 0.800. The lowest BCUT2D eigenvalue weighted by Gasteiger charge is -2.32. The molecule has 0 aliphatic carbocycles. The average Bonchev–Trinajstić information content (AvgIpc) is 2.58. The van der Waals surface area contributed by atoms with Crippen molar-refractivity contribution >= 4 is 11.9 Å². The van der Waals surface area contributed by atoms with E-state index in [9.17, 15) is 19.8 Å². The van der Waals surface area contributed by atoms with Crippen LogP contribution in [-0.4, -0.2) is 71.9 Å². The SMILES string of the molecule is COC[C@H]1O[C@@H](N2CCC(=O)NC2=O)C(O)[C@H]1O. The first-order valence-electron chi connectivity index (χ1n) is 5.65. The normalized spacial score (nSPS) is 36.9. The second-order valence-electron chi connectivity index (χ2n) is 4.30. The van der Waals surface area contributed by atoms with Crippen LogP contribution in [0.5, 0.6) is 0 Å². The van der Waals surface area contributed by atoms with Gasteiger partial charge in [-0.2, -0.15) is 0 Å². The highest BCUT2D eigenvalue weighted by atomic mass is 16.6. The highest BCUT2D eigenvalue weighted by molar-refractivity contribution is 5.96. The van der Waals surface area contributed by atoms with E-state index in [4.69, 9.17) is 9.47 Å². The van der Waals surface area contributed by atoms with Crippen LogP contribution >= 0.6 is 0 Å². The summed E-state index contributed by atoms with van der Waals surface area (Å²) in [5, 5.41) is 21.7. The number of urea groups is 1. The van der Waals surface area contributed by atoms with E-state index < -0.39 is 30.6 Å². The van der Waals surface area contributed by atoms with Crippen LogP contribution in [0.1, 0.15) is 6.42 Å². The number of imide groups is 1. The molecular weight excluding hydrogens is 244 g/mol. The fourth-order valence-corrected chi connectivity index (χ4v) is 2.11. The Kier molecular flexibility index (Phi) is 3.81. The third-order valence-corrected chi connectivity index (χ3v) is 3.06. The average molecular weight is 260 g/mol. The lowest BCUT2D eigenvalue weighted by molar-refractivity contribution is -0.125. The van der Waals surface area contributed by atoms with Gasteiger partial charge < -0.3 is 19.7 Å². The number of rotatable bonds is 3. The van der Waals surface area contributed by atoms with Crippen molar-refractivity contribution in [1.82, 2.24) is 10.2 Å². The quantitative estimate of drug-likeness (QED) is 0.543. The second kappa shape index (κ2) is 5.19. The first kappa shape index (κ1) is 13.2. The Morgan fingerprint density at radius 2 is 2.17 bits per heavy atom. The number of aliphatic hydroxyl groups is 2. The highest BCUT2D eigenvalue weighted by Gasteiger charge is 2.47. The zero-order chi connectivity index (χ0) is 13.3. The molecule has 0 saturated carbocycles. The Morgan fingerprint density at radius 1 is 1.44 bits per heavy atom. The van der Waals surface area contributed by atoms with E-state index in [1.54, 1.807) is 0 Å².